The van der Waals surface area contributed by atoms with E-state index in [-0.39, 0.29) is 5.56 Å². The van der Waals surface area contributed by atoms with Gasteiger partial charge in [0.15, 0.2) is 5.13 Å². The van der Waals surface area contributed by atoms with E-state index < -0.39 is 11.6 Å². The van der Waals surface area contributed by atoms with Crippen molar-refractivity contribution in [3.05, 3.63) is 34.7 Å². The molecule has 0 bridgehead atoms. The van der Waals surface area contributed by atoms with Gasteiger partial charge in [-0.05, 0) is 26.2 Å². The number of halogens is 2. The highest BCUT2D eigenvalue weighted by molar-refractivity contribution is 7.15. The maximum absolute atomic E-state index is 13.9. The Balaban J connectivity index is 2.28. The van der Waals surface area contributed by atoms with E-state index in [0.29, 0.717) is 17.4 Å². The van der Waals surface area contributed by atoms with Gasteiger partial charge in [-0.3, -0.25) is 4.90 Å². The summed E-state index contributed by atoms with van der Waals surface area (Å²) in [5.41, 5.74) is 6.52. The number of anilines is 1. The predicted molar refractivity (Wildman–Crippen MR) is 82.1 cm³/mol. The third kappa shape index (κ3) is 3.96. The molecule has 1 aromatic heterocycles. The Kier molecular flexibility index (Phi) is 5.22. The number of aromatic nitrogens is 1. The number of thiazole rings is 1. The van der Waals surface area contributed by atoms with Gasteiger partial charge in [0.2, 0.25) is 0 Å². The van der Waals surface area contributed by atoms with E-state index in [0.717, 1.165) is 24.0 Å². The number of nitrogens with one attached hydrogen (secondary N) is 1. The number of nitrogens with zero attached hydrogens (tertiary/aromatic N) is 2. The Morgan fingerprint density at radius 1 is 1.38 bits per heavy atom. The van der Waals surface area contributed by atoms with Crippen molar-refractivity contribution in [2.45, 2.75) is 6.54 Å². The molecule has 0 unspecified atom stereocenters. The summed E-state index contributed by atoms with van der Waals surface area (Å²) in [5.74, 6) is -1.23. The average Bonchev–Trinajstić information content (AvgIpc) is 2.77. The van der Waals surface area contributed by atoms with Gasteiger partial charge in [-0.25, -0.2) is 13.8 Å². The summed E-state index contributed by atoms with van der Waals surface area (Å²) in [6.07, 6.45) is 0. The molecule has 1 aromatic carbocycles. The van der Waals surface area contributed by atoms with Crippen LogP contribution in [0.15, 0.2) is 18.2 Å². The summed E-state index contributed by atoms with van der Waals surface area (Å²) in [7, 11) is 3.86. The molecule has 114 valence electrons. The molecule has 0 aliphatic carbocycles. The first kappa shape index (κ1) is 15.8. The van der Waals surface area contributed by atoms with Gasteiger partial charge in [0.05, 0.1) is 5.69 Å². The highest BCUT2D eigenvalue weighted by Crippen LogP contribution is 2.32. The molecule has 3 N–H and O–H groups in total. The van der Waals surface area contributed by atoms with Gasteiger partial charge in [0.1, 0.15) is 11.6 Å². The molecule has 0 spiro atoms. The van der Waals surface area contributed by atoms with Crippen LogP contribution < -0.4 is 11.1 Å². The second kappa shape index (κ2) is 6.93. The minimum atomic E-state index is -0.626. The molecule has 0 fully saturated rings. The van der Waals surface area contributed by atoms with Gasteiger partial charge >= 0.3 is 0 Å². The molecule has 4 nitrogen and oxygen atoms in total. The molecule has 0 saturated carbocycles. The normalized spacial score (nSPS) is 11.3. The van der Waals surface area contributed by atoms with Crippen LogP contribution in [0, 0.1) is 11.6 Å². The van der Waals surface area contributed by atoms with Gasteiger partial charge in [-0.2, -0.15) is 0 Å². The number of nitrogen functional groups attached to an aromatic ring is 1. The Bertz CT molecular complexity index is 615. The number of hydrogen-bond acceptors (Lipinski definition) is 5. The molecule has 2 rings (SSSR count). The molecule has 0 aliphatic rings. The fraction of sp³-hybridized carbons (Fsp3) is 0.357. The Morgan fingerprint density at radius 3 is 2.81 bits per heavy atom. The maximum Gasteiger partial charge on any atom is 0.180 e. The molecule has 0 amide bonds. The summed E-state index contributed by atoms with van der Waals surface area (Å²) in [6.45, 7) is 2.31. The van der Waals surface area contributed by atoms with Crippen molar-refractivity contribution in [3.8, 4) is 11.3 Å². The fourth-order valence-electron chi connectivity index (χ4n) is 2.00. The van der Waals surface area contributed by atoms with Crippen LogP contribution in [-0.2, 0) is 6.54 Å². The average molecular weight is 312 g/mol. The van der Waals surface area contributed by atoms with Crippen molar-refractivity contribution >= 4 is 16.5 Å². The van der Waals surface area contributed by atoms with Crippen LogP contribution in [0.5, 0.6) is 0 Å². The first-order chi connectivity index (χ1) is 10.0. The summed E-state index contributed by atoms with van der Waals surface area (Å²) < 4.78 is 26.9. The molecular weight excluding hydrogens is 294 g/mol. The summed E-state index contributed by atoms with van der Waals surface area (Å²) in [6, 6.07) is 3.48. The minimum Gasteiger partial charge on any atom is -0.375 e. The molecule has 0 aliphatic heterocycles. The van der Waals surface area contributed by atoms with Crippen molar-refractivity contribution in [3.63, 3.8) is 0 Å². The monoisotopic (exact) mass is 312 g/mol. The summed E-state index contributed by atoms with van der Waals surface area (Å²) >= 11 is 1.33. The largest absolute Gasteiger partial charge is 0.375 e. The smallest absolute Gasteiger partial charge is 0.180 e. The Morgan fingerprint density at radius 2 is 2.14 bits per heavy atom. The van der Waals surface area contributed by atoms with Gasteiger partial charge in [0, 0.05) is 36.1 Å². The zero-order valence-electron chi connectivity index (χ0n) is 12.0. The lowest BCUT2D eigenvalue weighted by atomic mass is 10.1. The third-order valence-corrected chi connectivity index (χ3v) is 3.93. The summed E-state index contributed by atoms with van der Waals surface area (Å²) in [4.78, 5) is 7.16. The molecule has 1 heterocycles. The lowest BCUT2D eigenvalue weighted by Crippen LogP contribution is -2.26. The number of nitrogens with two attached hydrogens (primary N) is 1. The highest BCUT2D eigenvalue weighted by atomic mass is 32.1. The standard InChI is InChI=1S/C14H18F2N4S/c1-18-5-6-20(2)8-12-13(19-14(17)21-12)10-4-3-9(15)7-11(10)16/h3-4,7,18H,5-6,8H2,1-2H3,(H2,17,19). The topological polar surface area (TPSA) is 54.2 Å². The first-order valence-electron chi connectivity index (χ1n) is 6.55. The van der Waals surface area contributed by atoms with Crippen LogP contribution in [0.25, 0.3) is 11.3 Å². The van der Waals surface area contributed by atoms with Gasteiger partial charge in [-0.1, -0.05) is 0 Å². The third-order valence-electron chi connectivity index (χ3n) is 3.06. The molecule has 0 radical (unpaired) electrons. The number of rotatable bonds is 6. The second-order valence-corrected chi connectivity index (χ2v) is 5.90. The minimum absolute atomic E-state index is 0.279. The zero-order valence-corrected chi connectivity index (χ0v) is 12.8. The van der Waals surface area contributed by atoms with E-state index in [1.807, 2.05) is 14.1 Å². The number of hydrogen-bond donors (Lipinski definition) is 2. The molecule has 21 heavy (non-hydrogen) atoms. The van der Waals surface area contributed by atoms with Crippen molar-refractivity contribution in [2.24, 2.45) is 0 Å². The quantitative estimate of drug-likeness (QED) is 0.859. The van der Waals surface area contributed by atoms with Crippen LogP contribution in [0.3, 0.4) is 0 Å². The Labute approximate surface area is 126 Å². The lowest BCUT2D eigenvalue weighted by Gasteiger charge is -2.16. The highest BCUT2D eigenvalue weighted by Gasteiger charge is 2.17. The van der Waals surface area contributed by atoms with Crippen molar-refractivity contribution in [1.82, 2.24) is 15.2 Å². The lowest BCUT2D eigenvalue weighted by molar-refractivity contribution is 0.331. The van der Waals surface area contributed by atoms with Gasteiger partial charge < -0.3 is 11.1 Å². The first-order valence-corrected chi connectivity index (χ1v) is 7.36. The maximum atomic E-state index is 13.9. The molecule has 7 heteroatoms. The van der Waals surface area contributed by atoms with E-state index in [1.165, 1.54) is 23.5 Å². The summed E-state index contributed by atoms with van der Waals surface area (Å²) in [5, 5.41) is 3.45. The van der Waals surface area contributed by atoms with E-state index in [1.54, 1.807) is 0 Å². The second-order valence-electron chi connectivity index (χ2n) is 4.79. The van der Waals surface area contributed by atoms with Crippen LogP contribution in [0.4, 0.5) is 13.9 Å². The van der Waals surface area contributed by atoms with E-state index in [4.69, 9.17) is 5.73 Å². The van der Waals surface area contributed by atoms with E-state index in [2.05, 4.69) is 15.2 Å². The van der Waals surface area contributed by atoms with Crippen LogP contribution in [0.1, 0.15) is 4.88 Å². The van der Waals surface area contributed by atoms with Crippen LogP contribution in [0.2, 0.25) is 0 Å². The predicted octanol–water partition coefficient (Wildman–Crippen LogP) is 2.32. The van der Waals surface area contributed by atoms with E-state index >= 15 is 0 Å². The van der Waals surface area contributed by atoms with Crippen LogP contribution in [-0.4, -0.2) is 37.1 Å². The number of likely N-dealkylation sites (N-methyl/N-ethyl adjacent to an activating group) is 2. The SMILES string of the molecule is CNCCN(C)Cc1sc(N)nc1-c1ccc(F)cc1F. The van der Waals surface area contributed by atoms with Crippen molar-refractivity contribution in [2.75, 3.05) is 32.9 Å². The van der Waals surface area contributed by atoms with Gasteiger partial charge in [-0.15, -0.1) is 11.3 Å². The van der Waals surface area contributed by atoms with Gasteiger partial charge in [0.25, 0.3) is 0 Å². The molecular formula is C14H18F2N4S. The van der Waals surface area contributed by atoms with Crippen molar-refractivity contribution < 1.29 is 8.78 Å². The zero-order chi connectivity index (χ0) is 15.4. The molecule has 0 saturated heterocycles. The fourth-order valence-corrected chi connectivity index (χ4v) is 2.92. The molecule has 2 aromatic rings. The number of benzene rings is 1. The Hall–Kier alpha value is -1.57. The molecule has 0 atom stereocenters. The van der Waals surface area contributed by atoms with Crippen molar-refractivity contribution in [1.29, 1.82) is 0 Å². The van der Waals surface area contributed by atoms with E-state index in [9.17, 15) is 8.78 Å². The van der Waals surface area contributed by atoms with Crippen LogP contribution >= 0.6 is 11.3 Å².